The van der Waals surface area contributed by atoms with E-state index in [2.05, 4.69) is 10.3 Å². The lowest BCUT2D eigenvalue weighted by Crippen LogP contribution is -2.13. The van der Waals surface area contributed by atoms with Crippen molar-refractivity contribution in [3.8, 4) is 17.2 Å². The summed E-state index contributed by atoms with van der Waals surface area (Å²) < 4.78 is 11.2. The second-order valence-corrected chi connectivity index (χ2v) is 6.75. The van der Waals surface area contributed by atoms with Gasteiger partial charge in [0.15, 0.2) is 5.58 Å². The van der Waals surface area contributed by atoms with E-state index in [4.69, 9.17) is 20.8 Å². The van der Waals surface area contributed by atoms with Gasteiger partial charge in [-0.2, -0.15) is 0 Å². The molecule has 1 amide bonds. The van der Waals surface area contributed by atoms with E-state index in [1.807, 2.05) is 43.3 Å². The molecule has 1 N–H and O–H groups in total. The fourth-order valence-electron chi connectivity index (χ4n) is 2.93. The van der Waals surface area contributed by atoms with Crippen LogP contribution in [0.2, 0.25) is 5.02 Å². The van der Waals surface area contributed by atoms with Crippen molar-refractivity contribution in [1.29, 1.82) is 0 Å². The Kier molecular flexibility index (Phi) is 4.75. The number of nitrogens with zero attached hydrogens (tertiary/aromatic N) is 1. The second-order valence-electron chi connectivity index (χ2n) is 6.34. The molecule has 4 aromatic rings. The Bertz CT molecular complexity index is 1150. The van der Waals surface area contributed by atoms with Crippen LogP contribution in [-0.2, 0) is 0 Å². The molecule has 0 aliphatic carbocycles. The van der Waals surface area contributed by atoms with Crippen LogP contribution in [-0.4, -0.2) is 18.0 Å². The summed E-state index contributed by atoms with van der Waals surface area (Å²) in [4.78, 5) is 17.2. The summed E-state index contributed by atoms with van der Waals surface area (Å²) >= 11 is 6.22. The number of nitrogens with one attached hydrogen (secondary N) is 1. The number of amides is 1. The van der Waals surface area contributed by atoms with Crippen molar-refractivity contribution in [2.45, 2.75) is 6.92 Å². The molecule has 0 aliphatic rings. The Hall–Kier alpha value is -3.31. The molecular weight excluding hydrogens is 376 g/mol. The molecule has 4 rings (SSSR count). The van der Waals surface area contributed by atoms with Crippen molar-refractivity contribution in [3.63, 3.8) is 0 Å². The minimum atomic E-state index is -0.321. The summed E-state index contributed by atoms with van der Waals surface area (Å²) in [5.41, 5.74) is 4.07. The zero-order chi connectivity index (χ0) is 19.7. The van der Waals surface area contributed by atoms with Gasteiger partial charge in [0.05, 0.1) is 23.4 Å². The van der Waals surface area contributed by atoms with Crippen LogP contribution in [0.5, 0.6) is 5.75 Å². The number of para-hydroxylation sites is 2. The maximum atomic E-state index is 12.7. The van der Waals surface area contributed by atoms with Gasteiger partial charge < -0.3 is 14.5 Å². The Morgan fingerprint density at radius 1 is 1.11 bits per heavy atom. The van der Waals surface area contributed by atoms with Gasteiger partial charge in [0.1, 0.15) is 11.3 Å². The predicted molar refractivity (Wildman–Crippen MR) is 110 cm³/mol. The highest BCUT2D eigenvalue weighted by atomic mass is 35.5. The molecule has 0 saturated carbocycles. The van der Waals surface area contributed by atoms with Crippen LogP contribution in [0.1, 0.15) is 15.9 Å². The van der Waals surface area contributed by atoms with Crippen molar-refractivity contribution >= 4 is 34.3 Å². The number of rotatable bonds is 4. The number of carbonyl (C=O) groups is 1. The number of hydrogen-bond donors (Lipinski definition) is 1. The quantitative estimate of drug-likeness (QED) is 0.482. The molecule has 0 atom stereocenters. The third-order valence-electron chi connectivity index (χ3n) is 4.36. The molecule has 1 heterocycles. The first-order valence-corrected chi connectivity index (χ1v) is 9.04. The van der Waals surface area contributed by atoms with Gasteiger partial charge in [-0.3, -0.25) is 4.79 Å². The average molecular weight is 393 g/mol. The highest BCUT2D eigenvalue weighted by molar-refractivity contribution is 6.34. The van der Waals surface area contributed by atoms with Crippen LogP contribution in [0.25, 0.3) is 22.6 Å². The largest absolute Gasteiger partial charge is 0.495 e. The van der Waals surface area contributed by atoms with E-state index in [9.17, 15) is 4.79 Å². The summed E-state index contributed by atoms with van der Waals surface area (Å²) in [6.45, 7) is 1.92. The minimum Gasteiger partial charge on any atom is -0.495 e. The number of halogens is 1. The maximum Gasteiger partial charge on any atom is 0.257 e. The Labute approximate surface area is 166 Å². The normalized spacial score (nSPS) is 10.8. The molecule has 0 fully saturated rings. The highest BCUT2D eigenvalue weighted by Crippen LogP contribution is 2.32. The number of anilines is 1. The van der Waals surface area contributed by atoms with E-state index >= 15 is 0 Å². The van der Waals surface area contributed by atoms with E-state index in [-0.39, 0.29) is 5.91 Å². The number of aromatic nitrogens is 1. The monoisotopic (exact) mass is 392 g/mol. The first kappa shape index (κ1) is 18.1. The number of fused-ring (bicyclic) bond motifs is 1. The summed E-state index contributed by atoms with van der Waals surface area (Å²) in [6.07, 6.45) is 0. The molecule has 0 aliphatic heterocycles. The van der Waals surface area contributed by atoms with E-state index in [0.29, 0.717) is 33.5 Å². The van der Waals surface area contributed by atoms with Gasteiger partial charge in [0.25, 0.3) is 5.91 Å². The van der Waals surface area contributed by atoms with Crippen LogP contribution >= 0.6 is 11.6 Å². The van der Waals surface area contributed by atoms with Crippen molar-refractivity contribution in [2.24, 2.45) is 0 Å². The zero-order valence-corrected chi connectivity index (χ0v) is 16.1. The highest BCUT2D eigenvalue weighted by Gasteiger charge is 2.16. The lowest BCUT2D eigenvalue weighted by Gasteiger charge is -2.12. The molecule has 0 saturated heterocycles. The molecule has 3 aromatic carbocycles. The summed E-state index contributed by atoms with van der Waals surface area (Å²) in [7, 11) is 1.54. The first-order valence-electron chi connectivity index (χ1n) is 8.66. The summed E-state index contributed by atoms with van der Waals surface area (Å²) in [5.74, 6) is 0.669. The van der Waals surface area contributed by atoms with Gasteiger partial charge in [-0.25, -0.2) is 4.98 Å². The molecule has 28 heavy (non-hydrogen) atoms. The topological polar surface area (TPSA) is 64.4 Å². The van der Waals surface area contributed by atoms with Crippen molar-refractivity contribution in [3.05, 3.63) is 76.8 Å². The van der Waals surface area contributed by atoms with Gasteiger partial charge >= 0.3 is 0 Å². The molecule has 5 nitrogen and oxygen atoms in total. The molecule has 1 aromatic heterocycles. The van der Waals surface area contributed by atoms with E-state index in [0.717, 1.165) is 16.6 Å². The molecule has 0 bridgehead atoms. The van der Waals surface area contributed by atoms with Crippen LogP contribution in [0.15, 0.2) is 65.1 Å². The molecule has 140 valence electrons. The van der Waals surface area contributed by atoms with Crippen LogP contribution in [0.4, 0.5) is 5.69 Å². The number of oxazole rings is 1. The van der Waals surface area contributed by atoms with Crippen molar-refractivity contribution in [2.75, 3.05) is 12.4 Å². The number of methoxy groups -OCH3 is 1. The maximum absolute atomic E-state index is 12.7. The summed E-state index contributed by atoms with van der Waals surface area (Å²) in [6, 6.07) is 18.2. The van der Waals surface area contributed by atoms with Crippen molar-refractivity contribution < 1.29 is 13.9 Å². The Morgan fingerprint density at radius 3 is 2.68 bits per heavy atom. The lowest BCUT2D eigenvalue weighted by atomic mass is 10.1. The van der Waals surface area contributed by atoms with Crippen LogP contribution < -0.4 is 10.1 Å². The minimum absolute atomic E-state index is 0.321. The van der Waals surface area contributed by atoms with E-state index < -0.39 is 0 Å². The second kappa shape index (κ2) is 7.37. The molecule has 0 unspecified atom stereocenters. The first-order chi connectivity index (χ1) is 13.5. The number of hydrogen-bond acceptors (Lipinski definition) is 4. The van der Waals surface area contributed by atoms with Gasteiger partial charge in [0, 0.05) is 5.56 Å². The Balaban J connectivity index is 1.69. The number of aryl methyl sites for hydroxylation is 1. The van der Waals surface area contributed by atoms with Crippen LogP contribution in [0.3, 0.4) is 0 Å². The van der Waals surface area contributed by atoms with E-state index in [1.165, 1.54) is 0 Å². The molecule has 6 heteroatoms. The van der Waals surface area contributed by atoms with Gasteiger partial charge in [-0.1, -0.05) is 29.8 Å². The fourth-order valence-corrected chi connectivity index (χ4v) is 3.25. The number of benzene rings is 3. The van der Waals surface area contributed by atoms with Crippen LogP contribution in [0, 0.1) is 6.92 Å². The lowest BCUT2D eigenvalue weighted by molar-refractivity contribution is 0.102. The predicted octanol–water partition coefficient (Wildman–Crippen LogP) is 5.72. The fraction of sp³-hybridized carbons (Fsp3) is 0.0909. The van der Waals surface area contributed by atoms with Gasteiger partial charge in [-0.05, 0) is 55.0 Å². The van der Waals surface area contributed by atoms with Crippen molar-refractivity contribution in [1.82, 2.24) is 4.98 Å². The third kappa shape index (κ3) is 3.44. The zero-order valence-electron chi connectivity index (χ0n) is 15.3. The molecule has 0 spiro atoms. The smallest absolute Gasteiger partial charge is 0.257 e. The number of carbonyl (C=O) groups excluding carboxylic acids is 1. The SMILES string of the molecule is COc1ccc(-c2nc3ccccc3o2)cc1NC(=O)c1ccc(C)cc1Cl. The van der Waals surface area contributed by atoms with Gasteiger partial charge in [-0.15, -0.1) is 0 Å². The third-order valence-corrected chi connectivity index (χ3v) is 4.67. The standard InChI is InChI=1S/C22H17ClN2O3/c1-13-7-9-15(16(23)11-13)21(26)24-18-12-14(8-10-19(18)27-2)22-25-17-5-3-4-6-20(17)28-22/h3-12H,1-2H3,(H,24,26). The van der Waals surface area contributed by atoms with E-state index in [1.54, 1.807) is 31.4 Å². The summed E-state index contributed by atoms with van der Waals surface area (Å²) in [5, 5.41) is 3.26. The molecule has 0 radical (unpaired) electrons. The Morgan fingerprint density at radius 2 is 1.93 bits per heavy atom. The average Bonchev–Trinajstić information content (AvgIpc) is 3.12. The number of ether oxygens (including phenoxy) is 1. The van der Waals surface area contributed by atoms with Gasteiger partial charge in [0.2, 0.25) is 5.89 Å². The molecular formula is C22H17ClN2O3.